The maximum absolute atomic E-state index is 12.5. The van der Waals surface area contributed by atoms with E-state index >= 15 is 0 Å². The van der Waals surface area contributed by atoms with E-state index in [4.69, 9.17) is 9.47 Å². The van der Waals surface area contributed by atoms with Crippen molar-refractivity contribution in [1.29, 1.82) is 0 Å². The largest absolute Gasteiger partial charge is 0.573 e. The predicted octanol–water partition coefficient (Wildman–Crippen LogP) is 2.80. The van der Waals surface area contributed by atoms with Gasteiger partial charge in [0.05, 0.1) is 14.2 Å². The summed E-state index contributed by atoms with van der Waals surface area (Å²) in [6, 6.07) is 7.02. The van der Waals surface area contributed by atoms with E-state index < -0.39 is 27.0 Å². The third-order valence-electron chi connectivity index (χ3n) is 2.85. The Morgan fingerprint density at radius 2 is 1.72 bits per heavy atom. The van der Waals surface area contributed by atoms with Gasteiger partial charge in [-0.1, -0.05) is 12.1 Å². The van der Waals surface area contributed by atoms with Crippen molar-refractivity contribution in [1.82, 2.24) is 4.98 Å². The van der Waals surface area contributed by atoms with Crippen LogP contribution in [0.1, 0.15) is 0 Å². The first kappa shape index (κ1) is 18.6. The number of alkyl halides is 3. The molecule has 0 fully saturated rings. The van der Waals surface area contributed by atoms with Crippen molar-refractivity contribution in [3.8, 4) is 17.5 Å². The van der Waals surface area contributed by atoms with Gasteiger partial charge >= 0.3 is 6.36 Å². The first-order chi connectivity index (χ1) is 11.7. The topological polar surface area (TPSA) is 86.8 Å². The van der Waals surface area contributed by atoms with Crippen LogP contribution in [0.25, 0.3) is 0 Å². The van der Waals surface area contributed by atoms with Crippen LogP contribution in [-0.2, 0) is 10.0 Å². The number of hydrogen-bond donors (Lipinski definition) is 1. The molecule has 7 nitrogen and oxygen atoms in total. The molecule has 11 heteroatoms. The van der Waals surface area contributed by atoms with Gasteiger partial charge in [0.2, 0.25) is 11.8 Å². The number of anilines is 1. The van der Waals surface area contributed by atoms with E-state index in [-0.39, 0.29) is 17.4 Å². The molecular formula is C14H13F3N2O5S. The molecule has 1 aromatic heterocycles. The highest BCUT2D eigenvalue weighted by Crippen LogP contribution is 2.32. The zero-order valence-corrected chi connectivity index (χ0v) is 13.8. The van der Waals surface area contributed by atoms with E-state index in [2.05, 4.69) is 14.4 Å². The summed E-state index contributed by atoms with van der Waals surface area (Å²) in [5.41, 5.74) is -0.0786. The van der Waals surface area contributed by atoms with Gasteiger partial charge in [0.25, 0.3) is 10.0 Å². The van der Waals surface area contributed by atoms with Crippen molar-refractivity contribution in [2.75, 3.05) is 18.9 Å². The third kappa shape index (κ3) is 4.66. The molecular weight excluding hydrogens is 365 g/mol. The van der Waals surface area contributed by atoms with Crippen molar-refractivity contribution in [3.05, 3.63) is 36.4 Å². The van der Waals surface area contributed by atoms with Crippen LogP contribution in [0.3, 0.4) is 0 Å². The molecule has 0 amide bonds. The van der Waals surface area contributed by atoms with Gasteiger partial charge in [-0.15, -0.1) is 13.2 Å². The summed E-state index contributed by atoms with van der Waals surface area (Å²) < 4.78 is 78.0. The Labute approximate surface area is 141 Å². The van der Waals surface area contributed by atoms with Gasteiger partial charge in [0.1, 0.15) is 16.3 Å². The average molecular weight is 378 g/mol. The minimum atomic E-state index is -5.04. The van der Waals surface area contributed by atoms with Crippen LogP contribution in [-0.4, -0.2) is 34.0 Å². The van der Waals surface area contributed by atoms with Crippen LogP contribution in [0.4, 0.5) is 18.9 Å². The Hall–Kier alpha value is -2.69. The maximum atomic E-state index is 12.5. The van der Waals surface area contributed by atoms with Crippen molar-refractivity contribution in [2.45, 2.75) is 11.3 Å². The maximum Gasteiger partial charge on any atom is 0.573 e. The number of ether oxygens (including phenoxy) is 3. The number of rotatable bonds is 6. The monoisotopic (exact) mass is 378 g/mol. The molecule has 0 aliphatic rings. The summed E-state index contributed by atoms with van der Waals surface area (Å²) in [6.45, 7) is 0. The van der Waals surface area contributed by atoms with E-state index in [0.29, 0.717) is 0 Å². The third-order valence-corrected chi connectivity index (χ3v) is 4.25. The smallest absolute Gasteiger partial charge is 0.481 e. The second-order valence-electron chi connectivity index (χ2n) is 4.51. The molecule has 25 heavy (non-hydrogen) atoms. The Morgan fingerprint density at radius 1 is 1.04 bits per heavy atom. The highest BCUT2D eigenvalue weighted by atomic mass is 32.2. The summed E-state index contributed by atoms with van der Waals surface area (Å²) in [7, 11) is -1.80. The van der Waals surface area contributed by atoms with E-state index in [9.17, 15) is 21.6 Å². The lowest BCUT2D eigenvalue weighted by atomic mass is 10.3. The highest BCUT2D eigenvalue weighted by Gasteiger charge is 2.34. The number of nitrogens with one attached hydrogen (secondary N) is 1. The lowest BCUT2D eigenvalue weighted by Gasteiger charge is -2.15. The summed E-state index contributed by atoms with van der Waals surface area (Å²) in [6.07, 6.45) is -5.04. The lowest BCUT2D eigenvalue weighted by Crippen LogP contribution is -2.21. The van der Waals surface area contributed by atoms with E-state index in [1.54, 1.807) is 0 Å². The Balaban J connectivity index is 2.41. The summed E-state index contributed by atoms with van der Waals surface area (Å²) >= 11 is 0. The summed E-state index contributed by atoms with van der Waals surface area (Å²) in [5, 5.41) is 0. The standard InChI is InChI=1S/C14H13F3N2O5S/c1-22-12-8-7-9(13(18-12)23-2)19-25(20,21)11-6-4-3-5-10(11)24-14(15,16)17/h3-8,19H,1-2H3. The van der Waals surface area contributed by atoms with Crippen LogP contribution >= 0.6 is 0 Å². The van der Waals surface area contributed by atoms with E-state index in [1.807, 2.05) is 0 Å². The Bertz CT molecular complexity index is 856. The number of para-hydroxylation sites is 1. The average Bonchev–Trinajstić information content (AvgIpc) is 2.53. The number of sulfonamides is 1. The molecule has 0 aliphatic heterocycles. The van der Waals surface area contributed by atoms with E-state index in [1.165, 1.54) is 38.5 Å². The molecule has 0 spiro atoms. The van der Waals surface area contributed by atoms with Crippen molar-refractivity contribution in [2.24, 2.45) is 0 Å². The van der Waals surface area contributed by atoms with Gasteiger partial charge < -0.3 is 14.2 Å². The van der Waals surface area contributed by atoms with Gasteiger partial charge in [-0.3, -0.25) is 4.72 Å². The van der Waals surface area contributed by atoms with Gasteiger partial charge in [0, 0.05) is 6.07 Å². The SMILES string of the molecule is COc1ccc(NS(=O)(=O)c2ccccc2OC(F)(F)F)c(OC)n1. The molecule has 0 bridgehead atoms. The normalized spacial score (nSPS) is 11.7. The zero-order chi connectivity index (χ0) is 18.7. The van der Waals surface area contributed by atoms with Gasteiger partial charge in [0.15, 0.2) is 0 Å². The second-order valence-corrected chi connectivity index (χ2v) is 6.16. The zero-order valence-electron chi connectivity index (χ0n) is 13.0. The van der Waals surface area contributed by atoms with Crippen LogP contribution in [0.15, 0.2) is 41.3 Å². The van der Waals surface area contributed by atoms with Gasteiger partial charge in [-0.25, -0.2) is 8.42 Å². The van der Waals surface area contributed by atoms with Crippen molar-refractivity contribution < 1.29 is 35.8 Å². The Morgan fingerprint density at radius 3 is 2.32 bits per heavy atom. The summed E-state index contributed by atoms with van der Waals surface area (Å²) in [4.78, 5) is 3.20. The molecule has 1 aromatic carbocycles. The lowest BCUT2D eigenvalue weighted by molar-refractivity contribution is -0.275. The fourth-order valence-electron chi connectivity index (χ4n) is 1.85. The van der Waals surface area contributed by atoms with Crippen LogP contribution < -0.4 is 18.9 Å². The molecule has 0 saturated heterocycles. The number of pyridine rings is 1. The molecule has 2 rings (SSSR count). The molecule has 0 atom stereocenters. The minimum Gasteiger partial charge on any atom is -0.481 e. The molecule has 2 aromatic rings. The molecule has 0 radical (unpaired) electrons. The molecule has 1 heterocycles. The molecule has 1 N–H and O–H groups in total. The first-order valence-corrected chi connectivity index (χ1v) is 8.11. The second kappa shape index (κ2) is 7.05. The molecule has 0 unspecified atom stereocenters. The van der Waals surface area contributed by atoms with Crippen LogP contribution in [0.2, 0.25) is 0 Å². The number of halogens is 3. The number of nitrogens with zero attached hydrogens (tertiary/aromatic N) is 1. The Kier molecular flexibility index (Phi) is 5.26. The summed E-state index contributed by atoms with van der Waals surface area (Å²) in [5.74, 6) is -0.805. The quantitative estimate of drug-likeness (QED) is 0.832. The first-order valence-electron chi connectivity index (χ1n) is 6.63. The van der Waals surface area contributed by atoms with Gasteiger partial charge in [-0.05, 0) is 18.2 Å². The van der Waals surface area contributed by atoms with Gasteiger partial charge in [-0.2, -0.15) is 4.98 Å². The number of methoxy groups -OCH3 is 2. The fourth-order valence-corrected chi connectivity index (χ4v) is 3.04. The highest BCUT2D eigenvalue weighted by molar-refractivity contribution is 7.92. The molecule has 0 saturated carbocycles. The molecule has 136 valence electrons. The minimum absolute atomic E-state index is 0.0786. The number of aromatic nitrogens is 1. The predicted molar refractivity (Wildman–Crippen MR) is 81.3 cm³/mol. The van der Waals surface area contributed by atoms with Crippen molar-refractivity contribution in [3.63, 3.8) is 0 Å². The van der Waals surface area contributed by atoms with Crippen molar-refractivity contribution >= 4 is 15.7 Å². The number of benzene rings is 1. The van der Waals surface area contributed by atoms with E-state index in [0.717, 1.165) is 12.1 Å². The molecule has 0 aliphatic carbocycles. The van der Waals surface area contributed by atoms with Crippen LogP contribution in [0.5, 0.6) is 17.5 Å². The number of hydrogen-bond acceptors (Lipinski definition) is 6. The fraction of sp³-hybridized carbons (Fsp3) is 0.214. The van der Waals surface area contributed by atoms with Crippen LogP contribution in [0, 0.1) is 0 Å².